The summed E-state index contributed by atoms with van der Waals surface area (Å²) in [5, 5.41) is 12.9. The molecule has 1 heterocycles. The Balaban J connectivity index is 2.13. The Bertz CT molecular complexity index is 524. The van der Waals surface area contributed by atoms with Crippen LogP contribution in [0.2, 0.25) is 5.02 Å². The number of amides is 1. The highest BCUT2D eigenvalue weighted by atomic mass is 35.5. The van der Waals surface area contributed by atoms with Crippen LogP contribution >= 0.6 is 11.6 Å². The lowest BCUT2D eigenvalue weighted by atomic mass is 10.1. The monoisotopic (exact) mass is 325 g/mol. The molecule has 0 aliphatic carbocycles. The van der Waals surface area contributed by atoms with Crippen molar-refractivity contribution < 1.29 is 9.90 Å². The molecule has 122 valence electrons. The van der Waals surface area contributed by atoms with E-state index in [-0.39, 0.29) is 18.6 Å². The maximum Gasteiger partial charge on any atom is 0.256 e. The minimum atomic E-state index is 0.00829. The second-order valence-corrected chi connectivity index (χ2v) is 6.02. The summed E-state index contributed by atoms with van der Waals surface area (Å²) in [5.74, 6) is 0.00829. The maximum absolute atomic E-state index is 12.8. The topological polar surface area (TPSA) is 55.8 Å². The van der Waals surface area contributed by atoms with Crippen LogP contribution in [0, 0.1) is 0 Å². The van der Waals surface area contributed by atoms with Crippen LogP contribution in [0.3, 0.4) is 0 Å². The zero-order valence-corrected chi connectivity index (χ0v) is 13.9. The van der Waals surface area contributed by atoms with Crippen molar-refractivity contribution in [3.63, 3.8) is 0 Å². The minimum absolute atomic E-state index is 0.00829. The molecule has 1 fully saturated rings. The standard InChI is InChI=1S/C16H24ClN3O2/c1-3-18-15-5-4-13(17)10-14(15)16(22)20-7-6-19(8-9-21)12(2)11-20/h4-5,10,12,18,21H,3,6-9,11H2,1-2H3/t12-/m0/s1. The smallest absolute Gasteiger partial charge is 0.256 e. The zero-order chi connectivity index (χ0) is 16.1. The second-order valence-electron chi connectivity index (χ2n) is 5.58. The SMILES string of the molecule is CCNc1ccc(Cl)cc1C(=O)N1CCN(CCO)[C@@H](C)C1. The highest BCUT2D eigenvalue weighted by Gasteiger charge is 2.28. The summed E-state index contributed by atoms with van der Waals surface area (Å²) in [5.41, 5.74) is 1.44. The van der Waals surface area contributed by atoms with E-state index in [2.05, 4.69) is 17.1 Å². The number of hydrogen-bond acceptors (Lipinski definition) is 4. The molecular weight excluding hydrogens is 302 g/mol. The van der Waals surface area contributed by atoms with E-state index < -0.39 is 0 Å². The molecule has 2 rings (SSSR count). The van der Waals surface area contributed by atoms with Crippen LogP contribution in [0.4, 0.5) is 5.69 Å². The van der Waals surface area contributed by atoms with Crippen molar-refractivity contribution >= 4 is 23.2 Å². The van der Waals surface area contributed by atoms with Crippen molar-refractivity contribution in [1.82, 2.24) is 9.80 Å². The lowest BCUT2D eigenvalue weighted by molar-refractivity contribution is 0.0471. The predicted molar refractivity (Wildman–Crippen MR) is 89.6 cm³/mol. The molecule has 2 N–H and O–H groups in total. The van der Waals surface area contributed by atoms with Crippen LogP contribution in [0.25, 0.3) is 0 Å². The fraction of sp³-hybridized carbons (Fsp3) is 0.562. The fourth-order valence-electron chi connectivity index (χ4n) is 2.85. The normalized spacial score (nSPS) is 19.3. The van der Waals surface area contributed by atoms with Crippen molar-refractivity contribution in [3.8, 4) is 0 Å². The van der Waals surface area contributed by atoms with E-state index in [0.29, 0.717) is 30.2 Å². The first kappa shape index (κ1) is 17.1. The average Bonchev–Trinajstić information content (AvgIpc) is 2.51. The van der Waals surface area contributed by atoms with E-state index in [1.165, 1.54) is 0 Å². The van der Waals surface area contributed by atoms with Gasteiger partial charge < -0.3 is 15.3 Å². The second kappa shape index (κ2) is 7.81. The van der Waals surface area contributed by atoms with Gasteiger partial charge in [-0.05, 0) is 32.0 Å². The molecule has 0 unspecified atom stereocenters. The predicted octanol–water partition coefficient (Wildman–Crippen LogP) is 1.91. The van der Waals surface area contributed by atoms with Gasteiger partial charge in [0.1, 0.15) is 0 Å². The number of β-amino-alcohol motifs (C(OH)–C–C–N with tert-alkyl or cyclic N) is 1. The summed E-state index contributed by atoms with van der Waals surface area (Å²) in [7, 11) is 0. The molecule has 0 radical (unpaired) electrons. The lowest BCUT2D eigenvalue weighted by Crippen LogP contribution is -2.54. The number of carbonyl (C=O) groups excluding carboxylic acids is 1. The van der Waals surface area contributed by atoms with Crippen LogP contribution < -0.4 is 5.32 Å². The number of aliphatic hydroxyl groups excluding tert-OH is 1. The Morgan fingerprint density at radius 3 is 2.86 bits per heavy atom. The van der Waals surface area contributed by atoms with Crippen LogP contribution in [0.15, 0.2) is 18.2 Å². The summed E-state index contributed by atoms with van der Waals surface area (Å²) in [6.45, 7) is 7.75. The zero-order valence-electron chi connectivity index (χ0n) is 13.2. The number of nitrogens with one attached hydrogen (secondary N) is 1. The molecule has 6 heteroatoms. The molecule has 1 aliphatic rings. The molecule has 1 saturated heterocycles. The van der Waals surface area contributed by atoms with Gasteiger partial charge in [0.2, 0.25) is 0 Å². The first-order chi connectivity index (χ1) is 10.6. The molecule has 1 aromatic carbocycles. The van der Waals surface area contributed by atoms with Gasteiger partial charge in [0.05, 0.1) is 12.2 Å². The quantitative estimate of drug-likeness (QED) is 0.868. The first-order valence-corrected chi connectivity index (χ1v) is 8.12. The summed E-state index contributed by atoms with van der Waals surface area (Å²) in [4.78, 5) is 16.9. The van der Waals surface area contributed by atoms with Crippen molar-refractivity contribution in [2.75, 3.05) is 44.6 Å². The molecule has 1 aromatic rings. The number of anilines is 1. The van der Waals surface area contributed by atoms with Gasteiger partial charge in [-0.3, -0.25) is 9.69 Å². The molecule has 22 heavy (non-hydrogen) atoms. The van der Waals surface area contributed by atoms with Crippen molar-refractivity contribution in [2.45, 2.75) is 19.9 Å². The number of piperazine rings is 1. The van der Waals surface area contributed by atoms with E-state index in [0.717, 1.165) is 18.8 Å². The molecule has 0 spiro atoms. The Labute approximate surface area is 136 Å². The van der Waals surface area contributed by atoms with Crippen LogP contribution in [-0.2, 0) is 0 Å². The van der Waals surface area contributed by atoms with Gasteiger partial charge in [0, 0.05) is 49.5 Å². The summed E-state index contributed by atoms with van der Waals surface area (Å²) < 4.78 is 0. The van der Waals surface area contributed by atoms with E-state index in [4.69, 9.17) is 16.7 Å². The van der Waals surface area contributed by atoms with Gasteiger partial charge in [0.15, 0.2) is 0 Å². The molecule has 0 bridgehead atoms. The van der Waals surface area contributed by atoms with Crippen LogP contribution in [0.5, 0.6) is 0 Å². The molecular formula is C16H24ClN3O2. The van der Waals surface area contributed by atoms with Crippen LogP contribution in [-0.4, -0.2) is 66.2 Å². The van der Waals surface area contributed by atoms with E-state index in [1.807, 2.05) is 17.9 Å². The Morgan fingerprint density at radius 2 is 2.23 bits per heavy atom. The molecule has 1 atom stereocenters. The van der Waals surface area contributed by atoms with Gasteiger partial charge in [0.25, 0.3) is 5.91 Å². The summed E-state index contributed by atoms with van der Waals surface area (Å²) in [6.07, 6.45) is 0. The highest BCUT2D eigenvalue weighted by molar-refractivity contribution is 6.31. The third kappa shape index (κ3) is 3.91. The van der Waals surface area contributed by atoms with Crippen LogP contribution in [0.1, 0.15) is 24.2 Å². The highest BCUT2D eigenvalue weighted by Crippen LogP contribution is 2.23. The molecule has 5 nitrogen and oxygen atoms in total. The van der Waals surface area contributed by atoms with E-state index >= 15 is 0 Å². The Kier molecular flexibility index (Phi) is 6.06. The Morgan fingerprint density at radius 1 is 1.45 bits per heavy atom. The number of hydrogen-bond donors (Lipinski definition) is 2. The van der Waals surface area contributed by atoms with Gasteiger partial charge >= 0.3 is 0 Å². The maximum atomic E-state index is 12.8. The van der Waals surface area contributed by atoms with Gasteiger partial charge in [-0.15, -0.1) is 0 Å². The number of halogens is 1. The van der Waals surface area contributed by atoms with Crippen molar-refractivity contribution in [2.24, 2.45) is 0 Å². The van der Waals surface area contributed by atoms with Crippen molar-refractivity contribution in [1.29, 1.82) is 0 Å². The van der Waals surface area contributed by atoms with Gasteiger partial charge in [-0.1, -0.05) is 11.6 Å². The number of aliphatic hydroxyl groups is 1. The summed E-state index contributed by atoms with van der Waals surface area (Å²) in [6, 6.07) is 5.61. The average molecular weight is 326 g/mol. The number of nitrogens with zero attached hydrogens (tertiary/aromatic N) is 2. The van der Waals surface area contributed by atoms with Gasteiger partial charge in [-0.2, -0.15) is 0 Å². The number of benzene rings is 1. The van der Waals surface area contributed by atoms with E-state index in [9.17, 15) is 4.79 Å². The molecule has 0 aromatic heterocycles. The number of rotatable bonds is 5. The van der Waals surface area contributed by atoms with E-state index in [1.54, 1.807) is 12.1 Å². The lowest BCUT2D eigenvalue weighted by Gasteiger charge is -2.39. The number of carbonyl (C=O) groups is 1. The third-order valence-corrected chi connectivity index (χ3v) is 4.25. The molecule has 0 saturated carbocycles. The van der Waals surface area contributed by atoms with Gasteiger partial charge in [-0.25, -0.2) is 0 Å². The summed E-state index contributed by atoms with van der Waals surface area (Å²) >= 11 is 6.06. The third-order valence-electron chi connectivity index (χ3n) is 4.02. The first-order valence-electron chi connectivity index (χ1n) is 7.74. The molecule has 1 amide bonds. The minimum Gasteiger partial charge on any atom is -0.395 e. The molecule has 1 aliphatic heterocycles. The Hall–Kier alpha value is -1.30. The fourth-order valence-corrected chi connectivity index (χ4v) is 3.02. The van der Waals surface area contributed by atoms with Crippen molar-refractivity contribution in [3.05, 3.63) is 28.8 Å². The largest absolute Gasteiger partial charge is 0.395 e.